The molecule has 120 valence electrons. The van der Waals surface area contributed by atoms with Crippen LogP contribution < -0.4 is 15.8 Å². The van der Waals surface area contributed by atoms with Gasteiger partial charge in [-0.05, 0) is 36.4 Å². The van der Waals surface area contributed by atoms with Gasteiger partial charge in [-0.1, -0.05) is 17.7 Å². The Labute approximate surface area is 144 Å². The number of carbonyl (C=O) groups is 1. The second-order valence-electron chi connectivity index (χ2n) is 4.59. The van der Waals surface area contributed by atoms with Crippen LogP contribution >= 0.6 is 23.2 Å². The van der Waals surface area contributed by atoms with E-state index in [-0.39, 0.29) is 17.6 Å². The van der Waals surface area contributed by atoms with Gasteiger partial charge in [-0.25, -0.2) is 4.99 Å². The van der Waals surface area contributed by atoms with E-state index in [4.69, 9.17) is 33.7 Å². The number of hydrogen-bond acceptors (Lipinski definition) is 3. The molecule has 0 spiro atoms. The second kappa shape index (κ2) is 7.85. The Hall–Kier alpha value is -2.24. The van der Waals surface area contributed by atoms with Crippen molar-refractivity contribution >= 4 is 46.3 Å². The number of amidine groups is 1. The lowest BCUT2D eigenvalue weighted by molar-refractivity contribution is 0.102. The number of hydrogen-bond donors (Lipinski definition) is 2. The first-order chi connectivity index (χ1) is 11.0. The summed E-state index contributed by atoms with van der Waals surface area (Å²) in [6.07, 6.45) is 0. The molecule has 2 aromatic carbocycles. The van der Waals surface area contributed by atoms with Gasteiger partial charge in [0, 0.05) is 10.6 Å². The number of nitrogens with one attached hydrogen (secondary N) is 1. The molecule has 5 nitrogen and oxygen atoms in total. The molecule has 23 heavy (non-hydrogen) atoms. The van der Waals surface area contributed by atoms with E-state index in [1.54, 1.807) is 42.5 Å². The van der Waals surface area contributed by atoms with Gasteiger partial charge in [0.2, 0.25) is 0 Å². The first-order valence-corrected chi connectivity index (χ1v) is 7.58. The molecule has 0 atom stereocenters. The minimum atomic E-state index is -0.313. The molecule has 0 bridgehead atoms. The van der Waals surface area contributed by atoms with Gasteiger partial charge in [0.1, 0.15) is 11.6 Å². The van der Waals surface area contributed by atoms with Crippen LogP contribution in [0.25, 0.3) is 0 Å². The number of anilines is 1. The SMILES string of the molecule is COc1ccc(Cl)cc1NC(=O)c1cccc(N=C(N)CCl)c1. The van der Waals surface area contributed by atoms with Crippen molar-refractivity contribution in [1.82, 2.24) is 0 Å². The standard InChI is InChI=1S/C16H15Cl2N3O2/c1-23-14-6-5-11(18)8-13(14)21-16(22)10-3-2-4-12(7-10)20-15(19)9-17/h2-8H,9H2,1H3,(H2,19,20)(H,21,22). The number of carbonyl (C=O) groups excluding carboxylic acids is 1. The fraction of sp³-hybridized carbons (Fsp3) is 0.125. The van der Waals surface area contributed by atoms with E-state index in [0.717, 1.165) is 0 Å². The predicted octanol–water partition coefficient (Wildman–Crippen LogP) is 3.83. The fourth-order valence-corrected chi connectivity index (χ4v) is 2.12. The van der Waals surface area contributed by atoms with Crippen molar-refractivity contribution in [3.63, 3.8) is 0 Å². The third-order valence-corrected chi connectivity index (χ3v) is 3.44. The summed E-state index contributed by atoms with van der Waals surface area (Å²) in [7, 11) is 1.52. The van der Waals surface area contributed by atoms with Crippen LogP contribution in [0.15, 0.2) is 47.5 Å². The summed E-state index contributed by atoms with van der Waals surface area (Å²) in [4.78, 5) is 16.5. The number of benzene rings is 2. The number of alkyl halides is 1. The first kappa shape index (κ1) is 17.1. The fourth-order valence-electron chi connectivity index (χ4n) is 1.88. The van der Waals surface area contributed by atoms with Gasteiger partial charge in [-0.3, -0.25) is 4.79 Å². The highest BCUT2D eigenvalue weighted by Gasteiger charge is 2.11. The van der Waals surface area contributed by atoms with Crippen molar-refractivity contribution in [2.45, 2.75) is 0 Å². The number of amides is 1. The van der Waals surface area contributed by atoms with Crippen molar-refractivity contribution in [1.29, 1.82) is 0 Å². The van der Waals surface area contributed by atoms with E-state index in [1.807, 2.05) is 0 Å². The summed E-state index contributed by atoms with van der Waals surface area (Å²) in [5, 5.41) is 3.25. The number of aliphatic imine (C=N–C) groups is 1. The van der Waals surface area contributed by atoms with E-state index in [9.17, 15) is 4.79 Å². The van der Waals surface area contributed by atoms with E-state index in [2.05, 4.69) is 10.3 Å². The summed E-state index contributed by atoms with van der Waals surface area (Å²) in [5.74, 6) is 0.604. The van der Waals surface area contributed by atoms with E-state index in [0.29, 0.717) is 27.7 Å². The van der Waals surface area contributed by atoms with Gasteiger partial charge in [0.15, 0.2) is 0 Å². The number of nitrogens with two attached hydrogens (primary N) is 1. The molecule has 0 heterocycles. The summed E-state index contributed by atoms with van der Waals surface area (Å²) in [6.45, 7) is 0. The first-order valence-electron chi connectivity index (χ1n) is 6.67. The number of ether oxygens (including phenoxy) is 1. The smallest absolute Gasteiger partial charge is 0.255 e. The molecule has 0 aliphatic heterocycles. The largest absolute Gasteiger partial charge is 0.495 e. The lowest BCUT2D eigenvalue weighted by Gasteiger charge is -2.10. The topological polar surface area (TPSA) is 76.7 Å². The van der Waals surface area contributed by atoms with Crippen LogP contribution in [0, 0.1) is 0 Å². The van der Waals surface area contributed by atoms with Crippen molar-refractivity contribution in [2.24, 2.45) is 10.7 Å². The highest BCUT2D eigenvalue weighted by molar-refractivity contribution is 6.31. The Bertz CT molecular complexity index is 748. The highest BCUT2D eigenvalue weighted by atomic mass is 35.5. The Kier molecular flexibility index (Phi) is 5.84. The van der Waals surface area contributed by atoms with E-state index >= 15 is 0 Å². The van der Waals surface area contributed by atoms with Crippen LogP contribution in [0.1, 0.15) is 10.4 Å². The zero-order chi connectivity index (χ0) is 16.8. The van der Waals surface area contributed by atoms with Crippen molar-refractivity contribution in [3.05, 3.63) is 53.1 Å². The maximum absolute atomic E-state index is 12.4. The lowest BCUT2D eigenvalue weighted by atomic mass is 10.2. The van der Waals surface area contributed by atoms with Crippen LogP contribution in [0.2, 0.25) is 5.02 Å². The predicted molar refractivity (Wildman–Crippen MR) is 94.4 cm³/mol. The minimum Gasteiger partial charge on any atom is -0.495 e. The molecule has 0 radical (unpaired) electrons. The monoisotopic (exact) mass is 351 g/mol. The molecule has 0 saturated carbocycles. The third-order valence-electron chi connectivity index (χ3n) is 2.93. The molecular formula is C16H15Cl2N3O2. The molecule has 0 unspecified atom stereocenters. The molecule has 0 aliphatic rings. The Morgan fingerprint density at radius 2 is 2.09 bits per heavy atom. The summed E-state index contributed by atoms with van der Waals surface area (Å²) < 4.78 is 5.20. The Morgan fingerprint density at radius 1 is 1.30 bits per heavy atom. The molecule has 0 aromatic heterocycles. The molecule has 7 heteroatoms. The Balaban J connectivity index is 2.25. The van der Waals surface area contributed by atoms with Crippen LogP contribution in [-0.2, 0) is 0 Å². The number of nitrogens with zero attached hydrogens (tertiary/aromatic N) is 1. The average molecular weight is 352 g/mol. The zero-order valence-electron chi connectivity index (χ0n) is 12.3. The van der Waals surface area contributed by atoms with Crippen molar-refractivity contribution < 1.29 is 9.53 Å². The van der Waals surface area contributed by atoms with Gasteiger partial charge in [0.05, 0.1) is 24.4 Å². The number of halogens is 2. The van der Waals surface area contributed by atoms with E-state index < -0.39 is 0 Å². The quantitative estimate of drug-likeness (QED) is 0.488. The average Bonchev–Trinajstić information content (AvgIpc) is 2.55. The minimum absolute atomic E-state index is 0.121. The molecule has 0 fully saturated rings. The van der Waals surface area contributed by atoms with Gasteiger partial charge < -0.3 is 15.8 Å². The van der Waals surface area contributed by atoms with Crippen LogP contribution in [0.5, 0.6) is 5.75 Å². The highest BCUT2D eigenvalue weighted by Crippen LogP contribution is 2.28. The molecule has 0 saturated heterocycles. The number of methoxy groups -OCH3 is 1. The van der Waals surface area contributed by atoms with Gasteiger partial charge in [-0.2, -0.15) is 0 Å². The maximum Gasteiger partial charge on any atom is 0.255 e. The molecule has 1 amide bonds. The van der Waals surface area contributed by atoms with E-state index in [1.165, 1.54) is 7.11 Å². The van der Waals surface area contributed by atoms with Crippen molar-refractivity contribution in [3.8, 4) is 5.75 Å². The molecule has 2 aromatic rings. The molecule has 0 aliphatic carbocycles. The zero-order valence-corrected chi connectivity index (χ0v) is 13.9. The van der Waals surface area contributed by atoms with Crippen LogP contribution in [-0.4, -0.2) is 24.7 Å². The third kappa shape index (κ3) is 4.61. The normalized spacial score (nSPS) is 11.2. The van der Waals surface area contributed by atoms with Crippen LogP contribution in [0.4, 0.5) is 11.4 Å². The summed E-state index contributed by atoms with van der Waals surface area (Å²) in [5.41, 5.74) is 7.06. The van der Waals surface area contributed by atoms with Crippen molar-refractivity contribution in [2.75, 3.05) is 18.3 Å². The molecule has 3 N–H and O–H groups in total. The maximum atomic E-state index is 12.4. The second-order valence-corrected chi connectivity index (χ2v) is 5.29. The lowest BCUT2D eigenvalue weighted by Crippen LogP contribution is -2.13. The van der Waals surface area contributed by atoms with Crippen LogP contribution in [0.3, 0.4) is 0 Å². The molecule has 2 rings (SSSR count). The van der Waals surface area contributed by atoms with Gasteiger partial charge in [-0.15, -0.1) is 11.6 Å². The van der Waals surface area contributed by atoms with Gasteiger partial charge >= 0.3 is 0 Å². The summed E-state index contributed by atoms with van der Waals surface area (Å²) in [6, 6.07) is 11.7. The molecular weight excluding hydrogens is 337 g/mol. The Morgan fingerprint density at radius 3 is 2.78 bits per heavy atom. The van der Waals surface area contributed by atoms with Gasteiger partial charge in [0.25, 0.3) is 5.91 Å². The number of rotatable bonds is 5. The summed E-state index contributed by atoms with van der Waals surface area (Å²) >= 11 is 11.5.